The van der Waals surface area contributed by atoms with Crippen LogP contribution in [0.1, 0.15) is 5.56 Å². The first kappa shape index (κ1) is 10.6. The Bertz CT molecular complexity index is 417. The van der Waals surface area contributed by atoms with E-state index in [0.29, 0.717) is 5.01 Å². The van der Waals surface area contributed by atoms with Crippen molar-refractivity contribution in [2.24, 2.45) is 5.10 Å². The third-order valence-electron chi connectivity index (χ3n) is 2.13. The van der Waals surface area contributed by atoms with Gasteiger partial charge in [0.1, 0.15) is 0 Å². The van der Waals surface area contributed by atoms with E-state index in [1.807, 2.05) is 18.2 Å². The smallest absolute Gasteiger partial charge is 0.342 e. The Balaban J connectivity index is 2.15. The predicted molar refractivity (Wildman–Crippen MR) is 56.4 cm³/mol. The van der Waals surface area contributed by atoms with Crippen LogP contribution in [0, 0.1) is 0 Å². The van der Waals surface area contributed by atoms with Crippen LogP contribution in [0.15, 0.2) is 35.4 Å². The normalized spacial score (nSPS) is 19.1. The Morgan fingerprint density at radius 1 is 1.38 bits per heavy atom. The number of carbonyl (C=O) groups excluding carboxylic acids is 1. The van der Waals surface area contributed by atoms with Crippen molar-refractivity contribution in [3.8, 4) is 0 Å². The molecule has 0 aliphatic carbocycles. The molecule has 84 valence electrons. The van der Waals surface area contributed by atoms with Crippen molar-refractivity contribution in [2.45, 2.75) is 5.91 Å². The number of carbonyl (C=O) groups is 1. The summed E-state index contributed by atoms with van der Waals surface area (Å²) in [6, 6.07) is 8.41. The fourth-order valence-electron chi connectivity index (χ4n) is 1.32. The number of β-amino-alcohol motifs (C(OH)–C–C–N with tert-alkyl or cyclic N) is 2. The van der Waals surface area contributed by atoms with Crippen molar-refractivity contribution in [3.05, 3.63) is 35.9 Å². The molecular formula is C10H11N3O3. The highest BCUT2D eigenvalue weighted by Gasteiger charge is 2.42. The Morgan fingerprint density at radius 2 is 2.06 bits per heavy atom. The molecule has 6 heteroatoms. The average Bonchev–Trinajstić information content (AvgIpc) is 2.52. The van der Waals surface area contributed by atoms with E-state index in [4.69, 9.17) is 0 Å². The summed E-state index contributed by atoms with van der Waals surface area (Å²) >= 11 is 0. The molecule has 0 aromatic heterocycles. The van der Waals surface area contributed by atoms with Gasteiger partial charge in [-0.25, -0.2) is 4.79 Å². The van der Waals surface area contributed by atoms with Crippen LogP contribution < -0.4 is 5.32 Å². The van der Waals surface area contributed by atoms with Gasteiger partial charge in [0, 0.05) is 0 Å². The lowest BCUT2D eigenvalue weighted by Gasteiger charge is -2.20. The molecule has 0 bridgehead atoms. The van der Waals surface area contributed by atoms with Crippen LogP contribution in [0.3, 0.4) is 0 Å². The van der Waals surface area contributed by atoms with E-state index in [0.717, 1.165) is 5.56 Å². The molecule has 1 aromatic rings. The molecule has 6 nitrogen and oxygen atoms in total. The van der Waals surface area contributed by atoms with Gasteiger partial charge in [-0.2, -0.15) is 10.1 Å². The molecule has 0 atom stereocenters. The SMILES string of the molecule is O=C1NCC(O)(O)N1N=Cc1ccccc1. The number of urea groups is 1. The number of hydrazone groups is 1. The van der Waals surface area contributed by atoms with Crippen molar-refractivity contribution < 1.29 is 15.0 Å². The zero-order valence-electron chi connectivity index (χ0n) is 8.37. The molecule has 16 heavy (non-hydrogen) atoms. The fraction of sp³-hybridized carbons (Fsp3) is 0.200. The minimum absolute atomic E-state index is 0.266. The zero-order valence-corrected chi connectivity index (χ0v) is 8.37. The molecule has 0 spiro atoms. The summed E-state index contributed by atoms with van der Waals surface area (Å²) in [5, 5.41) is 25.4. The second kappa shape index (κ2) is 3.92. The molecule has 1 aliphatic rings. The maximum Gasteiger partial charge on any atom is 0.342 e. The van der Waals surface area contributed by atoms with Crippen LogP contribution in [0.2, 0.25) is 0 Å². The maximum absolute atomic E-state index is 11.2. The number of amides is 2. The van der Waals surface area contributed by atoms with Gasteiger partial charge in [0.2, 0.25) is 0 Å². The van der Waals surface area contributed by atoms with Crippen molar-refractivity contribution in [2.75, 3.05) is 6.54 Å². The van der Waals surface area contributed by atoms with Gasteiger partial charge in [0.25, 0.3) is 5.91 Å². The lowest BCUT2D eigenvalue weighted by atomic mass is 10.2. The molecule has 0 radical (unpaired) electrons. The van der Waals surface area contributed by atoms with E-state index in [2.05, 4.69) is 10.4 Å². The van der Waals surface area contributed by atoms with Gasteiger partial charge < -0.3 is 15.5 Å². The Morgan fingerprint density at radius 3 is 2.62 bits per heavy atom. The van der Waals surface area contributed by atoms with Crippen molar-refractivity contribution in [3.63, 3.8) is 0 Å². The van der Waals surface area contributed by atoms with E-state index in [9.17, 15) is 15.0 Å². The van der Waals surface area contributed by atoms with E-state index >= 15 is 0 Å². The lowest BCUT2D eigenvalue weighted by Crippen LogP contribution is -2.43. The molecular weight excluding hydrogens is 210 g/mol. The Labute approximate surface area is 91.8 Å². The second-order valence-corrected chi connectivity index (χ2v) is 3.40. The maximum atomic E-state index is 11.2. The molecule has 1 aromatic carbocycles. The van der Waals surface area contributed by atoms with Crippen molar-refractivity contribution in [1.29, 1.82) is 0 Å². The molecule has 1 heterocycles. The van der Waals surface area contributed by atoms with E-state index in [1.54, 1.807) is 12.1 Å². The zero-order chi connectivity index (χ0) is 11.6. The third kappa shape index (κ3) is 2.02. The molecule has 0 saturated carbocycles. The monoisotopic (exact) mass is 221 g/mol. The van der Waals surface area contributed by atoms with Crippen LogP contribution in [0.4, 0.5) is 4.79 Å². The molecule has 1 saturated heterocycles. The summed E-state index contributed by atoms with van der Waals surface area (Å²) in [7, 11) is 0. The topological polar surface area (TPSA) is 85.2 Å². The molecule has 3 N–H and O–H groups in total. The summed E-state index contributed by atoms with van der Waals surface area (Å²) in [5.41, 5.74) is 0.762. The molecule has 1 fully saturated rings. The molecule has 2 amide bonds. The summed E-state index contributed by atoms with van der Waals surface area (Å²) in [6.45, 7) is -0.266. The Kier molecular flexibility index (Phi) is 2.59. The predicted octanol–water partition coefficient (Wildman–Crippen LogP) is -0.316. The van der Waals surface area contributed by atoms with Crippen LogP contribution in [0.5, 0.6) is 0 Å². The van der Waals surface area contributed by atoms with Gasteiger partial charge in [-0.15, -0.1) is 0 Å². The molecule has 1 aliphatic heterocycles. The van der Waals surface area contributed by atoms with Gasteiger partial charge >= 0.3 is 6.03 Å². The highest BCUT2D eigenvalue weighted by Crippen LogP contribution is 2.14. The van der Waals surface area contributed by atoms with E-state index in [-0.39, 0.29) is 6.54 Å². The number of benzene rings is 1. The van der Waals surface area contributed by atoms with Crippen LogP contribution in [0.25, 0.3) is 0 Å². The number of nitrogens with zero attached hydrogens (tertiary/aromatic N) is 2. The number of aliphatic hydroxyl groups is 2. The third-order valence-corrected chi connectivity index (χ3v) is 2.13. The minimum Gasteiger partial charge on any atom is -0.346 e. The van der Waals surface area contributed by atoms with Gasteiger partial charge in [-0.1, -0.05) is 30.3 Å². The average molecular weight is 221 g/mol. The fourth-order valence-corrected chi connectivity index (χ4v) is 1.32. The quantitative estimate of drug-likeness (QED) is 0.473. The first-order chi connectivity index (χ1) is 7.59. The van der Waals surface area contributed by atoms with Gasteiger partial charge in [0.05, 0.1) is 12.8 Å². The summed E-state index contributed by atoms with van der Waals surface area (Å²) < 4.78 is 0. The number of nitrogens with one attached hydrogen (secondary N) is 1. The van der Waals surface area contributed by atoms with Crippen molar-refractivity contribution >= 4 is 12.2 Å². The van der Waals surface area contributed by atoms with Crippen LogP contribution in [-0.4, -0.2) is 39.9 Å². The Hall–Kier alpha value is -1.92. The van der Waals surface area contributed by atoms with E-state index < -0.39 is 11.9 Å². The number of hydrogen-bond acceptors (Lipinski definition) is 4. The lowest BCUT2D eigenvalue weighted by molar-refractivity contribution is -0.222. The first-order valence-corrected chi connectivity index (χ1v) is 4.71. The summed E-state index contributed by atoms with van der Waals surface area (Å²) in [6.07, 6.45) is 1.38. The summed E-state index contributed by atoms with van der Waals surface area (Å²) in [5.74, 6) is -2.26. The molecule has 2 rings (SSSR count). The first-order valence-electron chi connectivity index (χ1n) is 4.71. The number of rotatable bonds is 2. The van der Waals surface area contributed by atoms with Crippen LogP contribution in [-0.2, 0) is 0 Å². The standard InChI is InChI=1S/C10H11N3O3/c14-9-11-7-10(15,16)13(9)12-6-8-4-2-1-3-5-8/h1-6,15-16H,7H2,(H,11,14). The summed E-state index contributed by atoms with van der Waals surface area (Å²) in [4.78, 5) is 11.2. The van der Waals surface area contributed by atoms with E-state index in [1.165, 1.54) is 6.21 Å². The van der Waals surface area contributed by atoms with Crippen LogP contribution >= 0.6 is 0 Å². The number of hydrogen-bond donors (Lipinski definition) is 3. The van der Waals surface area contributed by atoms with Gasteiger partial charge in [-0.3, -0.25) is 0 Å². The highest BCUT2D eigenvalue weighted by atomic mass is 16.5. The van der Waals surface area contributed by atoms with Gasteiger partial charge in [0.15, 0.2) is 0 Å². The van der Waals surface area contributed by atoms with Crippen molar-refractivity contribution in [1.82, 2.24) is 10.3 Å². The second-order valence-electron chi connectivity index (χ2n) is 3.40. The minimum atomic E-state index is -2.26. The molecule has 0 unspecified atom stereocenters. The highest BCUT2D eigenvalue weighted by molar-refractivity contribution is 5.82. The van der Waals surface area contributed by atoms with Gasteiger partial charge in [-0.05, 0) is 5.56 Å². The largest absolute Gasteiger partial charge is 0.346 e.